The molecule has 4 heteroatoms. The minimum Gasteiger partial charge on any atom is -0.512 e. The summed E-state index contributed by atoms with van der Waals surface area (Å²) in [6.07, 6.45) is 4.75. The zero-order valence-corrected chi connectivity index (χ0v) is 31.7. The van der Waals surface area contributed by atoms with E-state index in [1.165, 1.54) is 44.8 Å². The summed E-state index contributed by atoms with van der Waals surface area (Å²) in [6.45, 7) is 21.5. The van der Waals surface area contributed by atoms with Crippen LogP contribution in [0.1, 0.15) is 117 Å². The van der Waals surface area contributed by atoms with Crippen molar-refractivity contribution >= 4 is 16.7 Å². The van der Waals surface area contributed by atoms with E-state index in [0.717, 1.165) is 42.5 Å². The summed E-state index contributed by atoms with van der Waals surface area (Å²) in [6, 6.07) is 25.5. The molecule has 0 bridgehead atoms. The second kappa shape index (κ2) is 12.9. The monoisotopic (exact) mass is 793 g/mol. The average Bonchev–Trinajstić information content (AvgIpc) is 3.25. The molecule has 2 aliphatic rings. The number of ketones is 1. The number of carbonyl (C=O) groups excluding carboxylic acids is 1. The maximum atomic E-state index is 12.2. The quantitative estimate of drug-likeness (QED) is 0.115. The Hall–Kier alpha value is -3.07. The van der Waals surface area contributed by atoms with Crippen LogP contribution in [0.25, 0.3) is 33.3 Å². The molecule has 0 saturated carbocycles. The Labute approximate surface area is 290 Å². The van der Waals surface area contributed by atoms with E-state index in [4.69, 9.17) is 4.98 Å². The minimum absolute atomic E-state index is 0. The van der Waals surface area contributed by atoms with E-state index in [2.05, 4.69) is 94.4 Å². The van der Waals surface area contributed by atoms with Crippen molar-refractivity contribution < 1.29 is 30.0 Å². The van der Waals surface area contributed by atoms with Gasteiger partial charge in [-0.25, -0.2) is 0 Å². The van der Waals surface area contributed by atoms with Gasteiger partial charge >= 0.3 is 0 Å². The Morgan fingerprint density at radius 3 is 1.91 bits per heavy atom. The molecule has 0 saturated heterocycles. The van der Waals surface area contributed by atoms with Crippen LogP contribution in [0.4, 0.5) is 0 Å². The number of aliphatic hydroxyl groups is 1. The number of fused-ring (bicyclic) bond motifs is 3. The fourth-order valence-corrected chi connectivity index (χ4v) is 7.09. The van der Waals surface area contributed by atoms with E-state index >= 15 is 0 Å². The molecule has 6 rings (SSSR count). The second-order valence-electron chi connectivity index (χ2n) is 14.6. The van der Waals surface area contributed by atoms with E-state index in [0.29, 0.717) is 0 Å². The van der Waals surface area contributed by atoms with Crippen LogP contribution < -0.4 is 0 Å². The summed E-state index contributed by atoms with van der Waals surface area (Å²) in [5, 5.41) is 11.3. The first-order valence-electron chi connectivity index (χ1n) is 16.8. The number of pyridine rings is 1. The first-order valence-corrected chi connectivity index (χ1v) is 16.8. The summed E-state index contributed by atoms with van der Waals surface area (Å²) >= 11 is 0. The number of nitrogens with zero attached hydrogens (tertiary/aromatic N) is 1. The number of para-hydroxylation sites is 1. The standard InChI is InChI=1S/C27H22N.C15H28O2.Ir/c1-26(2)18-11-7-10-17-23(18)24-19(26)12-8-13-20(24)27(3,4)21-15-16-9-5-6-14-22(16)28-25(17)21;1-7-14(5,8-2)12(16)11-13(17)15(6,9-3)10-4;/h5-9,11-15H,1-4H3;11,16H,7-10H2,1-6H3;/q-1;;/b;12-11-;. The van der Waals surface area contributed by atoms with Crippen LogP contribution in [0.2, 0.25) is 0 Å². The van der Waals surface area contributed by atoms with E-state index in [-0.39, 0.29) is 53.3 Å². The third kappa shape index (κ3) is 5.60. The van der Waals surface area contributed by atoms with Gasteiger partial charge in [-0.2, -0.15) is 0 Å². The summed E-state index contributed by atoms with van der Waals surface area (Å²) < 4.78 is 0. The minimum atomic E-state index is -0.337. The Bertz CT molecular complexity index is 1800. The molecule has 0 spiro atoms. The maximum absolute atomic E-state index is 12.2. The van der Waals surface area contributed by atoms with Gasteiger partial charge in [0.15, 0.2) is 5.78 Å². The van der Waals surface area contributed by atoms with Gasteiger partial charge in [0.1, 0.15) is 5.76 Å². The topological polar surface area (TPSA) is 50.2 Å². The van der Waals surface area contributed by atoms with Crippen LogP contribution in [0.15, 0.2) is 72.5 Å². The van der Waals surface area contributed by atoms with Crippen LogP contribution in [0.5, 0.6) is 0 Å². The number of aromatic nitrogens is 1. The molecular weight excluding hydrogens is 743 g/mol. The molecule has 46 heavy (non-hydrogen) atoms. The summed E-state index contributed by atoms with van der Waals surface area (Å²) in [5.41, 5.74) is 10.8. The van der Waals surface area contributed by atoms with Gasteiger partial charge in [0.25, 0.3) is 0 Å². The van der Waals surface area contributed by atoms with Crippen molar-refractivity contribution in [2.75, 3.05) is 0 Å². The zero-order valence-electron chi connectivity index (χ0n) is 29.3. The number of rotatable bonds is 7. The molecule has 2 aliphatic carbocycles. The van der Waals surface area contributed by atoms with Crippen molar-refractivity contribution in [2.45, 2.75) is 106 Å². The third-order valence-corrected chi connectivity index (χ3v) is 11.6. The Morgan fingerprint density at radius 1 is 0.783 bits per heavy atom. The fourth-order valence-electron chi connectivity index (χ4n) is 7.09. The summed E-state index contributed by atoms with van der Waals surface area (Å²) in [5.74, 6) is 0.286. The summed E-state index contributed by atoms with van der Waals surface area (Å²) in [4.78, 5) is 17.4. The SMILES string of the molecule is CC1(C)c2cc3ccccc3nc2-c2[c-]ccc3c2-c2c1cccc2C3(C)C.CCC(C)(CC)C(=O)/C=C(\O)C(C)(CC)CC.[Ir]. The van der Waals surface area contributed by atoms with Gasteiger partial charge in [-0.15, -0.1) is 29.3 Å². The molecule has 245 valence electrons. The fraction of sp³-hybridized carbons (Fsp3) is 0.429. The maximum Gasteiger partial charge on any atom is 0.164 e. The van der Waals surface area contributed by atoms with Crippen molar-refractivity contribution in [2.24, 2.45) is 10.8 Å². The molecule has 0 aliphatic heterocycles. The van der Waals surface area contributed by atoms with Gasteiger partial charge < -0.3 is 5.11 Å². The molecule has 1 radical (unpaired) electrons. The Kier molecular flexibility index (Phi) is 10.00. The van der Waals surface area contributed by atoms with Gasteiger partial charge in [0.05, 0.1) is 5.52 Å². The van der Waals surface area contributed by atoms with Crippen LogP contribution in [0.3, 0.4) is 0 Å². The second-order valence-corrected chi connectivity index (χ2v) is 14.6. The number of benzene rings is 3. The molecule has 1 N–H and O–H groups in total. The molecule has 3 nitrogen and oxygen atoms in total. The van der Waals surface area contributed by atoms with Gasteiger partial charge in [-0.3, -0.25) is 9.78 Å². The van der Waals surface area contributed by atoms with E-state index in [9.17, 15) is 9.90 Å². The van der Waals surface area contributed by atoms with Crippen molar-refractivity contribution in [3.63, 3.8) is 0 Å². The molecular formula is C42H50IrNO2-. The largest absolute Gasteiger partial charge is 0.512 e. The van der Waals surface area contributed by atoms with E-state index in [1.54, 1.807) is 0 Å². The number of allylic oxidation sites excluding steroid dienone is 2. The van der Waals surface area contributed by atoms with Crippen molar-refractivity contribution in [1.29, 1.82) is 0 Å². The Morgan fingerprint density at radius 2 is 1.33 bits per heavy atom. The summed E-state index contributed by atoms with van der Waals surface area (Å²) in [7, 11) is 0. The third-order valence-electron chi connectivity index (χ3n) is 11.6. The van der Waals surface area contributed by atoms with E-state index < -0.39 is 0 Å². The molecule has 1 aromatic heterocycles. The normalized spacial score (nSPS) is 15.6. The first-order chi connectivity index (χ1) is 21.2. The van der Waals surface area contributed by atoms with Gasteiger partial charge in [-0.05, 0) is 59.4 Å². The number of hydrogen-bond acceptors (Lipinski definition) is 3. The molecule has 1 heterocycles. The molecule has 0 amide bonds. The smallest absolute Gasteiger partial charge is 0.164 e. The zero-order chi connectivity index (χ0) is 32.9. The number of carbonyl (C=O) groups is 1. The first kappa shape index (κ1) is 35.8. The van der Waals surface area contributed by atoms with Crippen molar-refractivity contribution in [3.05, 3.63) is 101 Å². The average molecular weight is 793 g/mol. The number of hydrogen-bond donors (Lipinski definition) is 1. The number of aliphatic hydroxyl groups excluding tert-OH is 1. The molecule has 0 fully saturated rings. The predicted octanol–water partition coefficient (Wildman–Crippen LogP) is 11.3. The molecule has 3 aromatic carbocycles. The van der Waals surface area contributed by atoms with Crippen molar-refractivity contribution in [3.8, 4) is 22.4 Å². The van der Waals surface area contributed by atoms with Gasteiger partial charge in [-0.1, -0.05) is 128 Å². The van der Waals surface area contributed by atoms with Crippen LogP contribution in [-0.2, 0) is 35.7 Å². The van der Waals surface area contributed by atoms with Gasteiger partial charge in [0, 0.05) is 42.4 Å². The van der Waals surface area contributed by atoms with Crippen LogP contribution >= 0.6 is 0 Å². The van der Waals surface area contributed by atoms with Crippen molar-refractivity contribution in [1.82, 2.24) is 4.98 Å². The van der Waals surface area contributed by atoms with E-state index in [1.807, 2.05) is 41.5 Å². The van der Waals surface area contributed by atoms with Gasteiger partial charge in [0.2, 0.25) is 0 Å². The molecule has 0 atom stereocenters. The molecule has 4 aromatic rings. The predicted molar refractivity (Wildman–Crippen MR) is 189 cm³/mol. The molecule has 0 unspecified atom stereocenters. The Balaban J connectivity index is 0.000000234. The van der Waals surface area contributed by atoms with Crippen LogP contribution in [0, 0.1) is 16.9 Å². The van der Waals surface area contributed by atoms with Crippen LogP contribution in [-0.4, -0.2) is 15.9 Å².